The van der Waals surface area contributed by atoms with E-state index in [-0.39, 0.29) is 10.8 Å². The lowest BCUT2D eigenvalue weighted by Gasteiger charge is -2.36. The van der Waals surface area contributed by atoms with Crippen molar-refractivity contribution in [2.75, 3.05) is 6.66 Å². The molecule has 0 spiro atoms. The van der Waals surface area contributed by atoms with Gasteiger partial charge in [0.2, 0.25) is 6.29 Å². The highest BCUT2D eigenvalue weighted by atomic mass is 31.1. The zero-order valence-corrected chi connectivity index (χ0v) is 16.4. The Morgan fingerprint density at radius 2 is 2.05 bits per heavy atom. The zero-order valence-electron chi connectivity index (χ0n) is 14.5. The SMILES string of the molecule is CC(=O)/C=C(\O[Si](C)(C)C(C)(C)C)c1cn(C[P+](C)=O)cn1. The molecule has 1 aromatic heterocycles. The van der Waals surface area contributed by atoms with E-state index in [1.54, 1.807) is 23.8 Å². The first-order valence-electron chi connectivity index (χ1n) is 7.24. The molecule has 1 heterocycles. The molecule has 0 saturated heterocycles. The van der Waals surface area contributed by atoms with E-state index >= 15 is 0 Å². The third kappa shape index (κ3) is 5.18. The molecule has 0 amide bonds. The lowest BCUT2D eigenvalue weighted by molar-refractivity contribution is -0.112. The summed E-state index contributed by atoms with van der Waals surface area (Å²) < 4.78 is 19.3. The van der Waals surface area contributed by atoms with E-state index in [2.05, 4.69) is 38.8 Å². The first kappa shape index (κ1) is 18.8. The topological polar surface area (TPSA) is 61.2 Å². The molecule has 7 heteroatoms. The van der Waals surface area contributed by atoms with Crippen molar-refractivity contribution in [1.29, 1.82) is 0 Å². The fraction of sp³-hybridized carbons (Fsp3) is 0.600. The van der Waals surface area contributed by atoms with Gasteiger partial charge in [0, 0.05) is 12.3 Å². The van der Waals surface area contributed by atoms with Crippen molar-refractivity contribution in [3.8, 4) is 0 Å². The molecule has 0 fully saturated rings. The largest absolute Gasteiger partial charge is 0.542 e. The molecule has 0 aliphatic heterocycles. The van der Waals surface area contributed by atoms with Gasteiger partial charge in [-0.2, -0.15) is 0 Å². The third-order valence-corrected chi connectivity index (χ3v) is 8.82. The average molecular weight is 341 g/mol. The van der Waals surface area contributed by atoms with Gasteiger partial charge in [-0.15, -0.1) is 0 Å². The molecular formula is C15H26N2O3PSi+. The first-order valence-corrected chi connectivity index (χ1v) is 12.0. The van der Waals surface area contributed by atoms with Gasteiger partial charge >= 0.3 is 7.80 Å². The average Bonchev–Trinajstić information content (AvgIpc) is 2.73. The van der Waals surface area contributed by atoms with Crippen molar-refractivity contribution < 1.29 is 13.8 Å². The van der Waals surface area contributed by atoms with Crippen molar-refractivity contribution in [2.24, 2.45) is 0 Å². The van der Waals surface area contributed by atoms with Crippen LogP contribution in [0, 0.1) is 0 Å². The van der Waals surface area contributed by atoms with Crippen LogP contribution in [0.4, 0.5) is 0 Å². The monoisotopic (exact) mass is 341 g/mol. The molecule has 0 aliphatic rings. The molecule has 5 nitrogen and oxygen atoms in total. The van der Waals surface area contributed by atoms with Gasteiger partial charge in [0.15, 0.2) is 5.78 Å². The van der Waals surface area contributed by atoms with E-state index in [9.17, 15) is 9.36 Å². The van der Waals surface area contributed by atoms with Gasteiger partial charge in [-0.05, 0) is 25.1 Å². The first-order chi connectivity index (χ1) is 9.92. The summed E-state index contributed by atoms with van der Waals surface area (Å²) >= 11 is 0. The Labute approximate surface area is 134 Å². The summed E-state index contributed by atoms with van der Waals surface area (Å²) in [7, 11) is -3.36. The molecule has 0 saturated carbocycles. The summed E-state index contributed by atoms with van der Waals surface area (Å²) in [5, 5.41) is 0.0260. The molecule has 0 aromatic carbocycles. The van der Waals surface area contributed by atoms with Crippen LogP contribution in [0.5, 0.6) is 0 Å². The van der Waals surface area contributed by atoms with Crippen LogP contribution in [0.3, 0.4) is 0 Å². The number of allylic oxidation sites excluding steroid dienone is 1. The van der Waals surface area contributed by atoms with Crippen LogP contribution < -0.4 is 0 Å². The Hall–Kier alpha value is -1.26. The van der Waals surface area contributed by atoms with E-state index in [1.165, 1.54) is 13.0 Å². The fourth-order valence-electron chi connectivity index (χ4n) is 1.56. The second-order valence-corrected chi connectivity index (χ2v) is 13.3. The molecule has 0 radical (unpaired) electrons. The maximum absolute atomic E-state index is 11.5. The minimum atomic E-state index is -2.07. The number of ketones is 1. The molecule has 22 heavy (non-hydrogen) atoms. The number of nitrogens with zero attached hydrogens (tertiary/aromatic N) is 2. The predicted molar refractivity (Wildman–Crippen MR) is 92.7 cm³/mol. The molecular weight excluding hydrogens is 315 g/mol. The van der Waals surface area contributed by atoms with Gasteiger partial charge < -0.3 is 4.43 Å². The van der Waals surface area contributed by atoms with Gasteiger partial charge in [-0.1, -0.05) is 25.3 Å². The van der Waals surface area contributed by atoms with Crippen molar-refractivity contribution in [1.82, 2.24) is 9.55 Å². The summed E-state index contributed by atoms with van der Waals surface area (Å²) in [4.78, 5) is 15.8. The second-order valence-electron chi connectivity index (χ2n) is 7.02. The van der Waals surface area contributed by atoms with Gasteiger partial charge in [-0.25, -0.2) is 4.98 Å². The van der Waals surface area contributed by atoms with Gasteiger partial charge in [0.25, 0.3) is 8.32 Å². The maximum atomic E-state index is 11.5. The highest BCUT2D eigenvalue weighted by molar-refractivity contribution is 7.42. The third-order valence-electron chi connectivity index (χ3n) is 3.75. The maximum Gasteiger partial charge on any atom is 0.357 e. The van der Waals surface area contributed by atoms with Crippen LogP contribution in [0.2, 0.25) is 18.1 Å². The van der Waals surface area contributed by atoms with E-state index in [4.69, 9.17) is 4.43 Å². The predicted octanol–water partition coefficient (Wildman–Crippen LogP) is 4.25. The molecule has 1 atom stereocenters. The van der Waals surface area contributed by atoms with Crippen LogP contribution in [-0.4, -0.2) is 30.3 Å². The highest BCUT2D eigenvalue weighted by Crippen LogP contribution is 2.39. The number of aromatic nitrogens is 2. The minimum Gasteiger partial charge on any atom is -0.542 e. The molecule has 0 bridgehead atoms. The van der Waals surface area contributed by atoms with Crippen LogP contribution in [0.25, 0.3) is 5.76 Å². The lowest BCUT2D eigenvalue weighted by Crippen LogP contribution is -2.40. The van der Waals surface area contributed by atoms with Gasteiger partial charge in [-0.3, -0.25) is 9.36 Å². The Morgan fingerprint density at radius 1 is 1.45 bits per heavy atom. The fourth-order valence-corrected chi connectivity index (χ4v) is 3.20. The standard InChI is InChI=1S/C15H26N2O3PSi/c1-12(18)8-14(20-22(6,7)15(2,3)4)13-9-17(10-16-13)11-21(5)19/h8-10H,11H2,1-7H3/q+1/b14-8-. The molecule has 122 valence electrons. The summed E-state index contributed by atoms with van der Waals surface area (Å²) in [5.74, 6) is 0.425. The highest BCUT2D eigenvalue weighted by Gasteiger charge is 2.40. The Morgan fingerprint density at radius 3 is 2.50 bits per heavy atom. The summed E-state index contributed by atoms with van der Waals surface area (Å²) in [5.41, 5.74) is 0.608. The smallest absolute Gasteiger partial charge is 0.357 e. The molecule has 0 aliphatic carbocycles. The Bertz CT molecular complexity index is 600. The zero-order chi connectivity index (χ0) is 17.1. The molecule has 1 aromatic rings. The van der Waals surface area contributed by atoms with E-state index in [0.29, 0.717) is 17.7 Å². The number of hydrogen-bond acceptors (Lipinski definition) is 4. The van der Waals surface area contributed by atoms with Crippen LogP contribution in [0.1, 0.15) is 33.4 Å². The van der Waals surface area contributed by atoms with E-state index < -0.39 is 16.1 Å². The number of rotatable bonds is 6. The Balaban J connectivity index is 3.13. The summed E-state index contributed by atoms with van der Waals surface area (Å²) in [6.45, 7) is 13.9. The quantitative estimate of drug-likeness (QED) is 0.336. The number of carbonyl (C=O) groups excluding carboxylic acids is 1. The number of imidazole rings is 1. The number of carbonyl (C=O) groups is 1. The van der Waals surface area contributed by atoms with Gasteiger partial charge in [0.05, 0.1) is 6.33 Å². The van der Waals surface area contributed by atoms with Gasteiger partial charge in [0.1, 0.15) is 18.1 Å². The van der Waals surface area contributed by atoms with Crippen molar-refractivity contribution in [2.45, 2.75) is 52.1 Å². The minimum absolute atomic E-state index is 0.0260. The van der Waals surface area contributed by atoms with E-state index in [0.717, 1.165) is 0 Å². The number of hydrogen-bond donors (Lipinski definition) is 0. The Kier molecular flexibility index (Phi) is 5.87. The molecule has 0 N–H and O–H groups in total. The molecule has 1 unspecified atom stereocenters. The van der Waals surface area contributed by atoms with Crippen LogP contribution in [0.15, 0.2) is 18.6 Å². The van der Waals surface area contributed by atoms with Crippen LogP contribution >= 0.6 is 7.80 Å². The molecule has 1 rings (SSSR count). The van der Waals surface area contributed by atoms with Crippen LogP contribution in [-0.2, 0) is 20.1 Å². The second kappa shape index (κ2) is 6.88. The van der Waals surface area contributed by atoms with E-state index in [1.807, 2.05) is 0 Å². The van der Waals surface area contributed by atoms with Crippen molar-refractivity contribution in [3.63, 3.8) is 0 Å². The normalized spacial score (nSPS) is 14.0. The van der Waals surface area contributed by atoms with Crippen molar-refractivity contribution in [3.05, 3.63) is 24.3 Å². The summed E-state index contributed by atoms with van der Waals surface area (Å²) in [6.07, 6.45) is 5.29. The van der Waals surface area contributed by atoms with Crippen molar-refractivity contribution >= 4 is 27.7 Å². The lowest BCUT2D eigenvalue weighted by atomic mass is 10.2. The summed E-state index contributed by atoms with van der Waals surface area (Å²) in [6, 6.07) is 0.